The fourth-order valence-corrected chi connectivity index (χ4v) is 1.55. The van der Waals surface area contributed by atoms with Crippen LogP contribution in [0.4, 0.5) is 0 Å². The first-order chi connectivity index (χ1) is 8.13. The van der Waals surface area contributed by atoms with Crippen LogP contribution in [0.5, 0.6) is 5.75 Å². The molecule has 0 saturated heterocycles. The van der Waals surface area contributed by atoms with E-state index >= 15 is 0 Å². The number of nitrogens with one attached hydrogen (secondary N) is 1. The minimum Gasteiger partial charge on any atom is -0.508 e. The third kappa shape index (κ3) is 4.85. The molecule has 1 aromatic carbocycles. The fraction of sp³-hybridized carbons (Fsp3) is 0.462. The molecule has 92 valence electrons. The number of phenolic OH excluding ortho intramolecular Hbond substituents is 1. The largest absolute Gasteiger partial charge is 0.508 e. The van der Waals surface area contributed by atoms with Gasteiger partial charge in [0, 0.05) is 0 Å². The highest BCUT2D eigenvalue weighted by Gasteiger charge is 2.08. The van der Waals surface area contributed by atoms with Gasteiger partial charge in [-0.1, -0.05) is 12.1 Å². The molecule has 0 aliphatic heterocycles. The van der Waals surface area contributed by atoms with Crippen molar-refractivity contribution >= 4 is 0 Å². The third-order valence-corrected chi connectivity index (χ3v) is 2.49. The summed E-state index contributed by atoms with van der Waals surface area (Å²) in [5.74, 6) is 0.220. The molecule has 2 N–H and O–H groups in total. The molecule has 4 heteroatoms. The van der Waals surface area contributed by atoms with E-state index in [1.807, 2.05) is 14.1 Å². The molecule has 0 amide bonds. The molecule has 0 radical (unpaired) electrons. The molecular formula is C13H19N3O. The zero-order valence-corrected chi connectivity index (χ0v) is 10.3. The summed E-state index contributed by atoms with van der Waals surface area (Å²) >= 11 is 0. The van der Waals surface area contributed by atoms with Crippen LogP contribution in [0.2, 0.25) is 0 Å². The number of aromatic hydroxyl groups is 1. The van der Waals surface area contributed by atoms with Crippen LogP contribution in [-0.2, 0) is 0 Å². The van der Waals surface area contributed by atoms with E-state index in [4.69, 9.17) is 5.26 Å². The van der Waals surface area contributed by atoms with Crippen molar-refractivity contribution in [1.82, 2.24) is 10.2 Å². The Kier molecular flexibility index (Phi) is 5.47. The number of hydrogen-bond donors (Lipinski definition) is 2. The van der Waals surface area contributed by atoms with E-state index in [1.165, 1.54) is 0 Å². The Morgan fingerprint density at radius 2 is 2.00 bits per heavy atom. The van der Waals surface area contributed by atoms with Crippen molar-refractivity contribution in [2.75, 3.05) is 27.2 Å². The van der Waals surface area contributed by atoms with Crippen molar-refractivity contribution in [3.8, 4) is 11.8 Å². The molecule has 0 spiro atoms. The smallest absolute Gasteiger partial charge is 0.121 e. The van der Waals surface area contributed by atoms with Gasteiger partial charge < -0.3 is 10.0 Å². The molecule has 0 aromatic heterocycles. The number of phenols is 1. The number of benzene rings is 1. The minimum atomic E-state index is -0.308. The van der Waals surface area contributed by atoms with Gasteiger partial charge >= 0.3 is 0 Å². The van der Waals surface area contributed by atoms with Crippen LogP contribution in [0.15, 0.2) is 24.3 Å². The van der Waals surface area contributed by atoms with Crippen LogP contribution >= 0.6 is 0 Å². The summed E-state index contributed by atoms with van der Waals surface area (Å²) in [6, 6.07) is 8.64. The lowest BCUT2D eigenvalue weighted by atomic mass is 10.1. The Balaban J connectivity index is 2.44. The van der Waals surface area contributed by atoms with Gasteiger partial charge in [0.05, 0.1) is 6.07 Å². The topological polar surface area (TPSA) is 59.3 Å². The molecule has 1 atom stereocenters. The number of nitriles is 1. The summed E-state index contributed by atoms with van der Waals surface area (Å²) in [7, 11) is 4.06. The minimum absolute atomic E-state index is 0.220. The maximum Gasteiger partial charge on any atom is 0.121 e. The van der Waals surface area contributed by atoms with E-state index in [0.717, 1.165) is 25.1 Å². The monoisotopic (exact) mass is 233 g/mol. The van der Waals surface area contributed by atoms with E-state index in [9.17, 15) is 5.11 Å². The molecule has 0 fully saturated rings. The highest BCUT2D eigenvalue weighted by Crippen LogP contribution is 2.16. The van der Waals surface area contributed by atoms with Gasteiger partial charge in [-0.2, -0.15) is 5.26 Å². The van der Waals surface area contributed by atoms with Crippen molar-refractivity contribution in [3.05, 3.63) is 29.8 Å². The molecule has 0 heterocycles. The Hall–Kier alpha value is -1.57. The van der Waals surface area contributed by atoms with E-state index in [0.29, 0.717) is 0 Å². The molecule has 1 unspecified atom stereocenters. The lowest BCUT2D eigenvalue weighted by Crippen LogP contribution is -2.24. The molecule has 0 aliphatic carbocycles. The predicted molar refractivity (Wildman–Crippen MR) is 67.6 cm³/mol. The van der Waals surface area contributed by atoms with E-state index < -0.39 is 0 Å². The fourth-order valence-electron chi connectivity index (χ4n) is 1.55. The second-order valence-corrected chi connectivity index (χ2v) is 4.26. The quantitative estimate of drug-likeness (QED) is 0.731. The summed E-state index contributed by atoms with van der Waals surface area (Å²) in [6.07, 6.45) is 1.00. The van der Waals surface area contributed by atoms with Crippen LogP contribution in [-0.4, -0.2) is 37.2 Å². The molecule has 0 aliphatic rings. The second kappa shape index (κ2) is 6.89. The van der Waals surface area contributed by atoms with Gasteiger partial charge in [-0.05, 0) is 51.3 Å². The first-order valence-electron chi connectivity index (χ1n) is 5.70. The first kappa shape index (κ1) is 13.5. The van der Waals surface area contributed by atoms with Gasteiger partial charge in [-0.15, -0.1) is 0 Å². The molecule has 1 rings (SSSR count). The average molecular weight is 233 g/mol. The SMILES string of the molecule is CN(C)CCCNC(C#N)c1ccc(O)cc1. The van der Waals surface area contributed by atoms with Crippen molar-refractivity contribution in [2.24, 2.45) is 0 Å². The van der Waals surface area contributed by atoms with Crippen molar-refractivity contribution < 1.29 is 5.11 Å². The summed E-state index contributed by atoms with van der Waals surface area (Å²) in [5.41, 5.74) is 0.884. The lowest BCUT2D eigenvalue weighted by Gasteiger charge is -2.13. The molecule has 0 saturated carbocycles. The van der Waals surface area contributed by atoms with Gasteiger partial charge in [0.15, 0.2) is 0 Å². The van der Waals surface area contributed by atoms with Crippen LogP contribution in [0.3, 0.4) is 0 Å². The Morgan fingerprint density at radius 1 is 1.35 bits per heavy atom. The highest BCUT2D eigenvalue weighted by molar-refractivity contribution is 5.30. The summed E-state index contributed by atoms with van der Waals surface area (Å²) in [5, 5.41) is 21.4. The van der Waals surface area contributed by atoms with Gasteiger partial charge in [-0.25, -0.2) is 0 Å². The van der Waals surface area contributed by atoms with Gasteiger partial charge in [0.1, 0.15) is 11.8 Å². The molecular weight excluding hydrogens is 214 g/mol. The summed E-state index contributed by atoms with van der Waals surface area (Å²) in [6.45, 7) is 1.80. The molecule has 4 nitrogen and oxygen atoms in total. The maximum absolute atomic E-state index is 9.18. The standard InChI is InChI=1S/C13H19N3O/c1-16(2)9-3-8-15-13(10-14)11-4-6-12(17)7-5-11/h4-7,13,15,17H,3,8-9H2,1-2H3. The average Bonchev–Trinajstić information content (AvgIpc) is 2.30. The van der Waals surface area contributed by atoms with Crippen LogP contribution in [0.1, 0.15) is 18.0 Å². The third-order valence-electron chi connectivity index (χ3n) is 2.49. The predicted octanol–water partition coefficient (Wildman–Crippen LogP) is 1.50. The maximum atomic E-state index is 9.18. The van der Waals surface area contributed by atoms with Gasteiger partial charge in [-0.3, -0.25) is 5.32 Å². The van der Waals surface area contributed by atoms with Crippen LogP contribution < -0.4 is 5.32 Å². The first-order valence-corrected chi connectivity index (χ1v) is 5.70. The Bertz CT molecular complexity index is 367. The number of hydrogen-bond acceptors (Lipinski definition) is 4. The van der Waals surface area contributed by atoms with E-state index in [2.05, 4.69) is 16.3 Å². The Labute approximate surface area is 102 Å². The highest BCUT2D eigenvalue weighted by atomic mass is 16.3. The van der Waals surface area contributed by atoms with E-state index in [-0.39, 0.29) is 11.8 Å². The molecule has 0 bridgehead atoms. The summed E-state index contributed by atoms with van der Waals surface area (Å²) in [4.78, 5) is 2.11. The molecule has 1 aromatic rings. The normalized spacial score (nSPS) is 12.4. The molecule has 17 heavy (non-hydrogen) atoms. The number of nitrogens with zero attached hydrogens (tertiary/aromatic N) is 2. The zero-order valence-electron chi connectivity index (χ0n) is 10.3. The zero-order chi connectivity index (χ0) is 12.7. The lowest BCUT2D eigenvalue weighted by molar-refractivity contribution is 0.392. The van der Waals surface area contributed by atoms with Crippen molar-refractivity contribution in [3.63, 3.8) is 0 Å². The number of rotatable bonds is 6. The Morgan fingerprint density at radius 3 is 2.53 bits per heavy atom. The second-order valence-electron chi connectivity index (χ2n) is 4.26. The van der Waals surface area contributed by atoms with Gasteiger partial charge in [0.2, 0.25) is 0 Å². The van der Waals surface area contributed by atoms with Crippen LogP contribution in [0.25, 0.3) is 0 Å². The summed E-state index contributed by atoms with van der Waals surface area (Å²) < 4.78 is 0. The van der Waals surface area contributed by atoms with Crippen LogP contribution in [0, 0.1) is 11.3 Å². The van der Waals surface area contributed by atoms with Crippen molar-refractivity contribution in [2.45, 2.75) is 12.5 Å². The van der Waals surface area contributed by atoms with Crippen molar-refractivity contribution in [1.29, 1.82) is 5.26 Å². The van der Waals surface area contributed by atoms with Gasteiger partial charge in [0.25, 0.3) is 0 Å². The van der Waals surface area contributed by atoms with E-state index in [1.54, 1.807) is 24.3 Å².